The van der Waals surface area contributed by atoms with E-state index in [2.05, 4.69) is 6.07 Å². The van der Waals surface area contributed by atoms with Crippen LogP contribution in [0.25, 0.3) is 10.8 Å². The first-order chi connectivity index (χ1) is 6.81. The SMILES string of the molecule is N#CCc1ccc2cccc(N)c2c1. The number of benzene rings is 2. The summed E-state index contributed by atoms with van der Waals surface area (Å²) in [4.78, 5) is 0. The van der Waals surface area contributed by atoms with Crippen LogP contribution in [0, 0.1) is 11.3 Å². The minimum atomic E-state index is 0.435. The third-order valence-electron chi connectivity index (χ3n) is 2.26. The molecule has 0 aliphatic carbocycles. The Bertz CT molecular complexity index is 509. The number of nitriles is 1. The molecule has 0 atom stereocenters. The van der Waals surface area contributed by atoms with Gasteiger partial charge >= 0.3 is 0 Å². The van der Waals surface area contributed by atoms with Gasteiger partial charge in [0.15, 0.2) is 0 Å². The minimum Gasteiger partial charge on any atom is -0.398 e. The number of fused-ring (bicyclic) bond motifs is 1. The number of nitrogen functional groups attached to an aromatic ring is 1. The predicted octanol–water partition coefficient (Wildman–Crippen LogP) is 2.49. The summed E-state index contributed by atoms with van der Waals surface area (Å²) in [5.74, 6) is 0. The van der Waals surface area contributed by atoms with Crippen molar-refractivity contribution in [3.8, 4) is 6.07 Å². The highest BCUT2D eigenvalue weighted by Gasteiger charge is 1.98. The highest BCUT2D eigenvalue weighted by Crippen LogP contribution is 2.22. The first kappa shape index (κ1) is 8.58. The molecule has 0 bridgehead atoms. The molecule has 0 saturated carbocycles. The number of nitrogens with two attached hydrogens (primary N) is 1. The monoisotopic (exact) mass is 182 g/mol. The van der Waals surface area contributed by atoms with Crippen LogP contribution in [0.2, 0.25) is 0 Å². The molecule has 0 fully saturated rings. The average Bonchev–Trinajstić information content (AvgIpc) is 2.20. The Morgan fingerprint density at radius 2 is 2.07 bits per heavy atom. The molecule has 2 nitrogen and oxygen atoms in total. The molecule has 2 N–H and O–H groups in total. The largest absolute Gasteiger partial charge is 0.398 e. The fourth-order valence-corrected chi connectivity index (χ4v) is 1.55. The second-order valence-corrected chi connectivity index (χ2v) is 3.24. The van der Waals surface area contributed by atoms with Crippen LogP contribution in [0.15, 0.2) is 36.4 Å². The van der Waals surface area contributed by atoms with Gasteiger partial charge in [0.2, 0.25) is 0 Å². The van der Waals surface area contributed by atoms with Crippen LogP contribution in [-0.4, -0.2) is 0 Å². The maximum Gasteiger partial charge on any atom is 0.0669 e. The summed E-state index contributed by atoms with van der Waals surface area (Å²) >= 11 is 0. The lowest BCUT2D eigenvalue weighted by molar-refractivity contribution is 1.27. The molecule has 0 spiro atoms. The van der Waals surface area contributed by atoms with E-state index in [-0.39, 0.29) is 0 Å². The fraction of sp³-hybridized carbons (Fsp3) is 0.0833. The van der Waals surface area contributed by atoms with Crippen molar-refractivity contribution in [3.63, 3.8) is 0 Å². The molecule has 0 amide bonds. The van der Waals surface area contributed by atoms with Crippen LogP contribution in [0.3, 0.4) is 0 Å². The van der Waals surface area contributed by atoms with E-state index in [0.717, 1.165) is 22.0 Å². The molecule has 2 heteroatoms. The van der Waals surface area contributed by atoms with E-state index in [1.165, 1.54) is 0 Å². The van der Waals surface area contributed by atoms with Gasteiger partial charge in [-0.05, 0) is 23.1 Å². The molecule has 2 aromatic rings. The van der Waals surface area contributed by atoms with Gasteiger partial charge in [-0.1, -0.05) is 24.3 Å². The molecular weight excluding hydrogens is 172 g/mol. The van der Waals surface area contributed by atoms with Crippen molar-refractivity contribution in [1.82, 2.24) is 0 Å². The Morgan fingerprint density at radius 3 is 2.86 bits per heavy atom. The Hall–Kier alpha value is -2.01. The molecule has 68 valence electrons. The number of rotatable bonds is 1. The molecule has 0 aliphatic rings. The smallest absolute Gasteiger partial charge is 0.0669 e. The van der Waals surface area contributed by atoms with Gasteiger partial charge in [-0.15, -0.1) is 0 Å². The lowest BCUT2D eigenvalue weighted by Crippen LogP contribution is -1.88. The van der Waals surface area contributed by atoms with Gasteiger partial charge in [0.1, 0.15) is 0 Å². The van der Waals surface area contributed by atoms with Crippen molar-refractivity contribution in [1.29, 1.82) is 5.26 Å². The first-order valence-corrected chi connectivity index (χ1v) is 4.45. The fourth-order valence-electron chi connectivity index (χ4n) is 1.55. The highest BCUT2D eigenvalue weighted by atomic mass is 14.5. The standard InChI is InChI=1S/C12H10N2/c13-7-6-9-4-5-10-2-1-3-12(14)11(10)8-9/h1-5,8H,6,14H2. The molecule has 0 unspecified atom stereocenters. The van der Waals surface area contributed by atoms with Crippen molar-refractivity contribution < 1.29 is 0 Å². The Labute approximate surface area is 82.6 Å². The van der Waals surface area contributed by atoms with Gasteiger partial charge in [0.05, 0.1) is 12.5 Å². The van der Waals surface area contributed by atoms with Crippen LogP contribution >= 0.6 is 0 Å². The second-order valence-electron chi connectivity index (χ2n) is 3.24. The summed E-state index contributed by atoms with van der Waals surface area (Å²) in [6.07, 6.45) is 0.435. The summed E-state index contributed by atoms with van der Waals surface area (Å²) < 4.78 is 0. The molecular formula is C12H10N2. The lowest BCUT2D eigenvalue weighted by atomic mass is 10.0. The molecule has 0 heterocycles. The Balaban J connectivity index is 2.65. The van der Waals surface area contributed by atoms with Gasteiger partial charge in [-0.3, -0.25) is 0 Å². The minimum absolute atomic E-state index is 0.435. The van der Waals surface area contributed by atoms with Gasteiger partial charge in [0, 0.05) is 11.1 Å². The number of hydrogen-bond acceptors (Lipinski definition) is 2. The third-order valence-corrected chi connectivity index (χ3v) is 2.26. The molecule has 0 aromatic heterocycles. The molecule has 2 rings (SSSR count). The van der Waals surface area contributed by atoms with E-state index in [0.29, 0.717) is 6.42 Å². The van der Waals surface area contributed by atoms with E-state index in [4.69, 9.17) is 11.0 Å². The van der Waals surface area contributed by atoms with Crippen LogP contribution in [-0.2, 0) is 6.42 Å². The molecule has 2 aromatic carbocycles. The van der Waals surface area contributed by atoms with Crippen molar-refractivity contribution in [3.05, 3.63) is 42.0 Å². The lowest BCUT2D eigenvalue weighted by Gasteiger charge is -2.02. The maximum atomic E-state index is 8.58. The van der Waals surface area contributed by atoms with E-state index in [1.54, 1.807) is 0 Å². The van der Waals surface area contributed by atoms with Gasteiger partial charge in [-0.25, -0.2) is 0 Å². The zero-order valence-electron chi connectivity index (χ0n) is 7.70. The van der Waals surface area contributed by atoms with Crippen molar-refractivity contribution in [2.45, 2.75) is 6.42 Å². The number of anilines is 1. The van der Waals surface area contributed by atoms with Crippen molar-refractivity contribution >= 4 is 16.5 Å². The highest BCUT2D eigenvalue weighted by molar-refractivity contribution is 5.93. The number of hydrogen-bond donors (Lipinski definition) is 1. The maximum absolute atomic E-state index is 8.58. The molecule has 0 saturated heterocycles. The topological polar surface area (TPSA) is 49.8 Å². The van der Waals surface area contributed by atoms with Crippen molar-refractivity contribution in [2.75, 3.05) is 5.73 Å². The van der Waals surface area contributed by atoms with E-state index >= 15 is 0 Å². The summed E-state index contributed by atoms with van der Waals surface area (Å²) in [6.45, 7) is 0. The van der Waals surface area contributed by atoms with Crippen molar-refractivity contribution in [2.24, 2.45) is 0 Å². The average molecular weight is 182 g/mol. The van der Waals surface area contributed by atoms with Gasteiger partial charge in [-0.2, -0.15) is 5.26 Å². The zero-order chi connectivity index (χ0) is 9.97. The third kappa shape index (κ3) is 1.40. The van der Waals surface area contributed by atoms with Crippen LogP contribution in [0.4, 0.5) is 5.69 Å². The Morgan fingerprint density at radius 1 is 1.21 bits per heavy atom. The molecule has 14 heavy (non-hydrogen) atoms. The first-order valence-electron chi connectivity index (χ1n) is 4.45. The zero-order valence-corrected chi connectivity index (χ0v) is 7.70. The molecule has 0 radical (unpaired) electrons. The van der Waals surface area contributed by atoms with E-state index < -0.39 is 0 Å². The number of nitrogens with zero attached hydrogens (tertiary/aromatic N) is 1. The molecule has 0 aliphatic heterocycles. The summed E-state index contributed by atoms with van der Waals surface area (Å²) in [5, 5.41) is 10.7. The predicted molar refractivity (Wildman–Crippen MR) is 57.7 cm³/mol. The van der Waals surface area contributed by atoms with E-state index in [1.807, 2.05) is 36.4 Å². The van der Waals surface area contributed by atoms with Crippen LogP contribution in [0.1, 0.15) is 5.56 Å². The van der Waals surface area contributed by atoms with Gasteiger partial charge in [0.25, 0.3) is 0 Å². The van der Waals surface area contributed by atoms with Crippen LogP contribution < -0.4 is 5.73 Å². The Kier molecular flexibility index (Phi) is 2.08. The van der Waals surface area contributed by atoms with E-state index in [9.17, 15) is 0 Å². The second kappa shape index (κ2) is 3.39. The normalized spacial score (nSPS) is 9.93. The quantitative estimate of drug-likeness (QED) is 0.689. The summed E-state index contributed by atoms with van der Waals surface area (Å²) in [7, 11) is 0. The summed E-state index contributed by atoms with van der Waals surface area (Å²) in [5.41, 5.74) is 7.62. The van der Waals surface area contributed by atoms with Gasteiger partial charge < -0.3 is 5.73 Å². The summed E-state index contributed by atoms with van der Waals surface area (Å²) in [6, 6.07) is 13.9. The van der Waals surface area contributed by atoms with Crippen LogP contribution in [0.5, 0.6) is 0 Å².